The summed E-state index contributed by atoms with van der Waals surface area (Å²) in [5, 5.41) is 2.80. The van der Waals surface area contributed by atoms with Gasteiger partial charge in [0, 0.05) is 5.56 Å². The van der Waals surface area contributed by atoms with E-state index in [2.05, 4.69) is 10.2 Å². The third kappa shape index (κ3) is 1.49. The van der Waals surface area contributed by atoms with Gasteiger partial charge in [-0.1, -0.05) is 17.7 Å². The minimum Gasteiger partial charge on any atom is -0.325 e. The number of hydrogen-bond acceptors (Lipinski definition) is 3. The van der Waals surface area contributed by atoms with Gasteiger partial charge in [-0.15, -0.1) is 0 Å². The molecular weight excluding hydrogens is 180 g/mol. The van der Waals surface area contributed by atoms with Gasteiger partial charge in [-0.2, -0.15) is 0 Å². The molecule has 14 heavy (non-hydrogen) atoms. The summed E-state index contributed by atoms with van der Waals surface area (Å²) in [6, 6.07) is 3.98. The molecule has 1 heterocycles. The van der Waals surface area contributed by atoms with E-state index >= 15 is 0 Å². The molecule has 2 rings (SSSR count). The topological polar surface area (TPSA) is 64.3 Å². The Morgan fingerprint density at radius 3 is 3.07 bits per heavy atom. The second-order valence-electron chi connectivity index (χ2n) is 3.49. The minimum atomic E-state index is 0.0314. The molecule has 1 aliphatic heterocycles. The van der Waals surface area contributed by atoms with E-state index < -0.39 is 0 Å². The summed E-state index contributed by atoms with van der Waals surface area (Å²) in [7, 11) is 0. The number of fused-ring (bicyclic) bond motifs is 1. The zero-order valence-corrected chi connectivity index (χ0v) is 7.96. The highest BCUT2D eigenvalue weighted by atomic mass is 16.6. The predicted molar refractivity (Wildman–Crippen MR) is 52.5 cm³/mol. The first-order chi connectivity index (χ1) is 6.70. The first-order valence-corrected chi connectivity index (χ1v) is 4.44. The molecule has 0 unspecified atom stereocenters. The summed E-state index contributed by atoms with van der Waals surface area (Å²) in [5.74, 6) is 5.06. The molecule has 0 saturated carbocycles. The van der Waals surface area contributed by atoms with Crippen LogP contribution in [0.4, 0.5) is 5.69 Å². The molecule has 1 aromatic rings. The number of nitrogens with one attached hydrogen (secondary N) is 1. The number of anilines is 1. The Bertz CT molecular complexity index is 388. The van der Waals surface area contributed by atoms with Crippen molar-refractivity contribution in [3.05, 3.63) is 28.8 Å². The van der Waals surface area contributed by atoms with Gasteiger partial charge in [0.15, 0.2) is 0 Å². The molecule has 0 radical (unpaired) electrons. The normalized spacial score (nSPS) is 14.0. The Balaban J connectivity index is 2.46. The van der Waals surface area contributed by atoms with Crippen LogP contribution in [0.15, 0.2) is 12.1 Å². The van der Waals surface area contributed by atoms with Gasteiger partial charge in [-0.25, -0.2) is 5.90 Å². The molecular formula is C10H12N2O2. The van der Waals surface area contributed by atoms with Gasteiger partial charge in [0.25, 0.3) is 0 Å². The summed E-state index contributed by atoms with van der Waals surface area (Å²) in [6.07, 6.45) is 0.453. The standard InChI is InChI=1S/C10H12N2O2/c1-6-2-7-4-9(13)12-10(7)8(3-6)5-14-11/h2-3H,4-5,11H2,1H3,(H,12,13). The lowest BCUT2D eigenvalue weighted by molar-refractivity contribution is -0.115. The molecule has 0 spiro atoms. The van der Waals surface area contributed by atoms with Gasteiger partial charge in [-0.05, 0) is 12.5 Å². The molecule has 1 aliphatic rings. The van der Waals surface area contributed by atoms with E-state index in [-0.39, 0.29) is 5.91 Å². The van der Waals surface area contributed by atoms with Crippen LogP contribution >= 0.6 is 0 Å². The first-order valence-electron chi connectivity index (χ1n) is 4.44. The highest BCUT2D eigenvalue weighted by Gasteiger charge is 2.20. The largest absolute Gasteiger partial charge is 0.325 e. The zero-order chi connectivity index (χ0) is 10.1. The highest BCUT2D eigenvalue weighted by Crippen LogP contribution is 2.28. The number of hydrogen-bond donors (Lipinski definition) is 2. The quantitative estimate of drug-likeness (QED) is 0.684. The van der Waals surface area contributed by atoms with Crippen molar-refractivity contribution in [3.63, 3.8) is 0 Å². The van der Waals surface area contributed by atoms with Gasteiger partial charge in [0.2, 0.25) is 5.91 Å². The maximum atomic E-state index is 11.2. The van der Waals surface area contributed by atoms with Crippen molar-refractivity contribution in [1.82, 2.24) is 0 Å². The fourth-order valence-corrected chi connectivity index (χ4v) is 1.80. The number of rotatable bonds is 2. The van der Waals surface area contributed by atoms with Crippen LogP contribution in [0.1, 0.15) is 16.7 Å². The monoisotopic (exact) mass is 192 g/mol. The van der Waals surface area contributed by atoms with Crippen LogP contribution in [-0.4, -0.2) is 5.91 Å². The number of nitrogens with two attached hydrogens (primary N) is 1. The number of amides is 1. The van der Waals surface area contributed by atoms with Crippen LogP contribution in [0.2, 0.25) is 0 Å². The number of carbonyl (C=O) groups excluding carboxylic acids is 1. The zero-order valence-electron chi connectivity index (χ0n) is 7.96. The Morgan fingerprint density at radius 1 is 1.57 bits per heavy atom. The number of carbonyl (C=O) groups is 1. The van der Waals surface area contributed by atoms with Crippen molar-refractivity contribution in [2.75, 3.05) is 5.32 Å². The summed E-state index contributed by atoms with van der Waals surface area (Å²) in [6.45, 7) is 2.31. The fraction of sp³-hybridized carbons (Fsp3) is 0.300. The van der Waals surface area contributed by atoms with Gasteiger partial charge in [0.05, 0.1) is 18.7 Å². The molecule has 1 aromatic carbocycles. The molecule has 0 bridgehead atoms. The van der Waals surface area contributed by atoms with Crippen molar-refractivity contribution in [2.24, 2.45) is 5.90 Å². The second-order valence-corrected chi connectivity index (χ2v) is 3.49. The minimum absolute atomic E-state index is 0.0314. The van der Waals surface area contributed by atoms with E-state index in [1.165, 1.54) is 0 Å². The van der Waals surface area contributed by atoms with E-state index in [0.717, 1.165) is 22.4 Å². The van der Waals surface area contributed by atoms with Crippen LogP contribution in [0.5, 0.6) is 0 Å². The van der Waals surface area contributed by atoms with E-state index in [0.29, 0.717) is 13.0 Å². The third-order valence-corrected chi connectivity index (χ3v) is 2.30. The highest BCUT2D eigenvalue weighted by molar-refractivity contribution is 6.00. The maximum absolute atomic E-state index is 11.2. The molecule has 0 fully saturated rings. The fourth-order valence-electron chi connectivity index (χ4n) is 1.80. The van der Waals surface area contributed by atoms with Crippen molar-refractivity contribution in [3.8, 4) is 0 Å². The van der Waals surface area contributed by atoms with Crippen LogP contribution in [-0.2, 0) is 22.7 Å². The Morgan fingerprint density at radius 2 is 2.36 bits per heavy atom. The maximum Gasteiger partial charge on any atom is 0.228 e. The molecule has 3 N–H and O–H groups in total. The van der Waals surface area contributed by atoms with E-state index in [1.807, 2.05) is 19.1 Å². The van der Waals surface area contributed by atoms with Gasteiger partial charge >= 0.3 is 0 Å². The van der Waals surface area contributed by atoms with Gasteiger partial charge < -0.3 is 5.32 Å². The van der Waals surface area contributed by atoms with E-state index in [9.17, 15) is 4.79 Å². The molecule has 74 valence electrons. The molecule has 0 aromatic heterocycles. The lowest BCUT2D eigenvalue weighted by atomic mass is 10.0. The smallest absolute Gasteiger partial charge is 0.228 e. The van der Waals surface area contributed by atoms with Gasteiger partial charge in [-0.3, -0.25) is 9.63 Å². The lowest BCUT2D eigenvalue weighted by Crippen LogP contribution is -2.06. The molecule has 0 aliphatic carbocycles. The summed E-state index contributed by atoms with van der Waals surface area (Å²) >= 11 is 0. The Hall–Kier alpha value is -1.39. The molecule has 4 heteroatoms. The molecule has 0 saturated heterocycles. The summed E-state index contributed by atoms with van der Waals surface area (Å²) in [5.41, 5.74) is 3.95. The molecule has 1 amide bonds. The van der Waals surface area contributed by atoms with Crippen molar-refractivity contribution in [2.45, 2.75) is 20.0 Å². The van der Waals surface area contributed by atoms with Crippen LogP contribution in [0.25, 0.3) is 0 Å². The van der Waals surface area contributed by atoms with Crippen molar-refractivity contribution < 1.29 is 9.63 Å². The molecule has 4 nitrogen and oxygen atoms in total. The lowest BCUT2D eigenvalue weighted by Gasteiger charge is -2.08. The molecule has 0 atom stereocenters. The second kappa shape index (κ2) is 3.40. The predicted octanol–water partition coefficient (Wildman–Crippen LogP) is 0.880. The SMILES string of the molecule is Cc1cc(CON)c2c(c1)CC(=O)N2. The van der Waals surface area contributed by atoms with E-state index in [4.69, 9.17) is 5.90 Å². The van der Waals surface area contributed by atoms with Crippen molar-refractivity contribution in [1.29, 1.82) is 0 Å². The van der Waals surface area contributed by atoms with Crippen LogP contribution < -0.4 is 11.2 Å². The average Bonchev–Trinajstić information content (AvgIpc) is 2.45. The van der Waals surface area contributed by atoms with Gasteiger partial charge in [0.1, 0.15) is 0 Å². The summed E-state index contributed by atoms with van der Waals surface area (Å²) < 4.78 is 0. The number of benzene rings is 1. The summed E-state index contributed by atoms with van der Waals surface area (Å²) in [4.78, 5) is 15.8. The van der Waals surface area contributed by atoms with E-state index in [1.54, 1.807) is 0 Å². The third-order valence-electron chi connectivity index (χ3n) is 2.30. The number of aryl methyl sites for hydroxylation is 1. The average molecular weight is 192 g/mol. The van der Waals surface area contributed by atoms with Crippen LogP contribution in [0, 0.1) is 6.92 Å². The van der Waals surface area contributed by atoms with Crippen LogP contribution in [0.3, 0.4) is 0 Å². The van der Waals surface area contributed by atoms with Crippen molar-refractivity contribution >= 4 is 11.6 Å². The Labute approximate surface area is 82.0 Å². The Kier molecular flexibility index (Phi) is 2.23. The first kappa shape index (κ1) is 9.18.